The maximum Gasteiger partial charge on any atom is -0.0102 e. The quantitative estimate of drug-likeness (QED) is 0.656. The first kappa shape index (κ1) is 12.6. The number of fused-ring (bicyclic) bond motifs is 3. The van der Waals surface area contributed by atoms with E-state index in [0.717, 1.165) is 12.8 Å². The Morgan fingerprint density at radius 1 is 1.00 bits per heavy atom. The number of benzene rings is 2. The van der Waals surface area contributed by atoms with Gasteiger partial charge in [-0.2, -0.15) is 0 Å². The zero-order valence-corrected chi connectivity index (χ0v) is 10.2. The van der Waals surface area contributed by atoms with Crippen molar-refractivity contribution < 1.29 is 0 Å². The predicted octanol–water partition coefficient (Wildman–Crippen LogP) is 2.04. The largest absolute Gasteiger partial charge is 0.0905 e. The summed E-state index contributed by atoms with van der Waals surface area (Å²) in [6.45, 7) is 6.36. The topological polar surface area (TPSA) is 0 Å². The minimum absolute atomic E-state index is 0. The molecular formula is C18H20. The molecule has 0 fully saturated rings. The predicted molar refractivity (Wildman–Crippen MR) is 83.0 cm³/mol. The van der Waals surface area contributed by atoms with Crippen LogP contribution in [-0.4, -0.2) is 0 Å². The van der Waals surface area contributed by atoms with E-state index in [9.17, 15) is 0 Å². The Morgan fingerprint density at radius 2 is 1.61 bits per heavy atom. The Labute approximate surface area is 108 Å². The molecule has 0 aliphatic heterocycles. The fraction of sp³-hybridized carbons (Fsp3) is 0.222. The second kappa shape index (κ2) is 4.81. The maximum absolute atomic E-state index is 4.27. The molecule has 18 heavy (non-hydrogen) atoms. The van der Waals surface area contributed by atoms with Crippen molar-refractivity contribution in [3.8, 4) is 0 Å². The molecule has 2 aromatic rings. The standard InChI is InChI=1S/C17H16.CH4/c1-3-13-12(2)14-8-4-5-10-16(14)17-11-7-6-9-15(13)17;/h3,6-11H,2,4-5H2,1H3;1H4/b13-3+;. The van der Waals surface area contributed by atoms with Gasteiger partial charge in [0.05, 0.1) is 0 Å². The van der Waals surface area contributed by atoms with Gasteiger partial charge in [0, 0.05) is 0 Å². The van der Waals surface area contributed by atoms with Crippen LogP contribution in [0.25, 0.3) is 35.6 Å². The first-order valence-electron chi connectivity index (χ1n) is 6.19. The minimum atomic E-state index is 0. The third-order valence-electron chi connectivity index (χ3n) is 3.60. The van der Waals surface area contributed by atoms with Crippen molar-refractivity contribution in [2.75, 3.05) is 0 Å². The molecule has 0 heterocycles. The fourth-order valence-corrected chi connectivity index (χ4v) is 2.81. The van der Waals surface area contributed by atoms with Crippen molar-refractivity contribution in [1.29, 1.82) is 0 Å². The lowest BCUT2D eigenvalue weighted by Gasteiger charge is -2.07. The minimum Gasteiger partial charge on any atom is -0.0905 e. The molecule has 0 nitrogen and oxygen atoms in total. The number of hydrogen-bond acceptors (Lipinski definition) is 0. The van der Waals surface area contributed by atoms with Gasteiger partial charge >= 0.3 is 0 Å². The van der Waals surface area contributed by atoms with E-state index >= 15 is 0 Å². The van der Waals surface area contributed by atoms with E-state index in [0.29, 0.717) is 0 Å². The van der Waals surface area contributed by atoms with Crippen LogP contribution in [0.4, 0.5) is 0 Å². The molecule has 0 saturated heterocycles. The van der Waals surface area contributed by atoms with Gasteiger partial charge in [-0.25, -0.2) is 0 Å². The van der Waals surface area contributed by atoms with Crippen molar-refractivity contribution in [2.45, 2.75) is 27.2 Å². The molecule has 0 saturated carbocycles. The summed E-state index contributed by atoms with van der Waals surface area (Å²) in [6.07, 6.45) is 9.14. The van der Waals surface area contributed by atoms with E-state index in [4.69, 9.17) is 0 Å². The zero-order valence-electron chi connectivity index (χ0n) is 10.2. The van der Waals surface area contributed by atoms with Crippen LogP contribution in [0.2, 0.25) is 0 Å². The van der Waals surface area contributed by atoms with Crippen molar-refractivity contribution >= 4 is 35.6 Å². The van der Waals surface area contributed by atoms with Gasteiger partial charge in [0.25, 0.3) is 0 Å². The van der Waals surface area contributed by atoms with Gasteiger partial charge < -0.3 is 0 Å². The van der Waals surface area contributed by atoms with E-state index in [1.807, 2.05) is 0 Å². The molecule has 0 unspecified atom stereocenters. The lowest BCUT2D eigenvalue weighted by atomic mass is 9.97. The molecule has 0 atom stereocenters. The summed E-state index contributed by atoms with van der Waals surface area (Å²) in [4.78, 5) is 0. The van der Waals surface area contributed by atoms with Gasteiger partial charge in [-0.05, 0) is 51.4 Å². The Kier molecular flexibility index (Phi) is 3.38. The molecule has 2 aromatic carbocycles. The first-order valence-corrected chi connectivity index (χ1v) is 6.19. The highest BCUT2D eigenvalue weighted by Crippen LogP contribution is 2.04. The van der Waals surface area contributed by atoms with Crippen molar-refractivity contribution in [3.05, 3.63) is 45.1 Å². The van der Waals surface area contributed by atoms with Crippen LogP contribution in [0, 0.1) is 0 Å². The van der Waals surface area contributed by atoms with Crippen molar-refractivity contribution in [2.24, 2.45) is 0 Å². The van der Waals surface area contributed by atoms with Crippen LogP contribution < -0.4 is 20.9 Å². The molecule has 0 aromatic heterocycles. The Balaban J connectivity index is 0.00000120. The average molecular weight is 236 g/mol. The van der Waals surface area contributed by atoms with Gasteiger partial charge in [-0.3, -0.25) is 0 Å². The highest BCUT2D eigenvalue weighted by atomic mass is 14.1. The lowest BCUT2D eigenvalue weighted by molar-refractivity contribution is 1.12. The summed E-state index contributed by atoms with van der Waals surface area (Å²) in [5.41, 5.74) is 0. The van der Waals surface area contributed by atoms with E-state index in [1.54, 1.807) is 0 Å². The number of rotatable bonds is 0. The summed E-state index contributed by atoms with van der Waals surface area (Å²) >= 11 is 0. The third-order valence-corrected chi connectivity index (χ3v) is 3.60. The Hall–Kier alpha value is -1.82. The molecule has 0 bridgehead atoms. The molecule has 0 radical (unpaired) electrons. The second-order valence-corrected chi connectivity index (χ2v) is 4.54. The van der Waals surface area contributed by atoms with Crippen LogP contribution in [0.15, 0.2) is 24.3 Å². The maximum atomic E-state index is 4.27. The van der Waals surface area contributed by atoms with Crippen LogP contribution in [0.3, 0.4) is 0 Å². The monoisotopic (exact) mass is 236 g/mol. The molecule has 3 rings (SSSR count). The molecule has 0 spiro atoms. The number of hydrogen-bond donors (Lipinski definition) is 0. The Morgan fingerprint density at radius 3 is 2.28 bits per heavy atom. The Bertz CT molecular complexity index is 808. The normalized spacial score (nSPS) is 14.4. The van der Waals surface area contributed by atoms with E-state index in [2.05, 4.69) is 56.0 Å². The van der Waals surface area contributed by atoms with Crippen LogP contribution >= 0.6 is 0 Å². The second-order valence-electron chi connectivity index (χ2n) is 4.54. The van der Waals surface area contributed by atoms with E-state index in [-0.39, 0.29) is 7.43 Å². The van der Waals surface area contributed by atoms with Gasteiger partial charge in [0.1, 0.15) is 0 Å². The van der Waals surface area contributed by atoms with Gasteiger partial charge in [-0.1, -0.05) is 56.5 Å². The van der Waals surface area contributed by atoms with E-state index < -0.39 is 0 Å². The molecule has 0 N–H and O–H groups in total. The third kappa shape index (κ3) is 1.69. The average Bonchev–Trinajstić information content (AvgIpc) is 2.40. The van der Waals surface area contributed by atoms with Gasteiger partial charge in [-0.15, -0.1) is 0 Å². The summed E-state index contributed by atoms with van der Waals surface area (Å²) in [7, 11) is 0. The van der Waals surface area contributed by atoms with Gasteiger partial charge in [0.15, 0.2) is 0 Å². The summed E-state index contributed by atoms with van der Waals surface area (Å²) in [6, 6.07) is 8.64. The first-order chi connectivity index (χ1) is 8.33. The summed E-state index contributed by atoms with van der Waals surface area (Å²) < 4.78 is 0. The molecule has 1 aliphatic rings. The van der Waals surface area contributed by atoms with E-state index in [1.165, 1.54) is 31.6 Å². The summed E-state index contributed by atoms with van der Waals surface area (Å²) in [5, 5.41) is 7.86. The van der Waals surface area contributed by atoms with Crippen LogP contribution in [-0.2, 0) is 0 Å². The SMILES string of the molecule is C.C=c1c2c(c3ccccc3/c1=C/C)=CCCC=2. The highest BCUT2D eigenvalue weighted by Gasteiger charge is 2.02. The molecule has 0 amide bonds. The molecule has 0 heteroatoms. The molecule has 1 aliphatic carbocycles. The smallest absolute Gasteiger partial charge is 0.0102 e. The summed E-state index contributed by atoms with van der Waals surface area (Å²) in [5.74, 6) is 0. The highest BCUT2D eigenvalue weighted by molar-refractivity contribution is 5.85. The molecular weight excluding hydrogens is 216 g/mol. The van der Waals surface area contributed by atoms with Crippen molar-refractivity contribution in [3.63, 3.8) is 0 Å². The lowest BCUT2D eigenvalue weighted by Crippen LogP contribution is -2.48. The van der Waals surface area contributed by atoms with Gasteiger partial charge in [0.2, 0.25) is 0 Å². The fourth-order valence-electron chi connectivity index (χ4n) is 2.81. The molecule has 92 valence electrons. The van der Waals surface area contributed by atoms with Crippen LogP contribution in [0.1, 0.15) is 27.2 Å². The zero-order chi connectivity index (χ0) is 11.8. The van der Waals surface area contributed by atoms with Crippen molar-refractivity contribution in [1.82, 2.24) is 0 Å². The van der Waals surface area contributed by atoms with Crippen LogP contribution in [0.5, 0.6) is 0 Å².